The molecular formula is C12H12BrN3. The van der Waals surface area contributed by atoms with E-state index in [-0.39, 0.29) is 0 Å². The topological polar surface area (TPSA) is 51.8 Å². The van der Waals surface area contributed by atoms with Gasteiger partial charge in [0.05, 0.1) is 11.4 Å². The SMILES string of the molecule is Cc1ccc(Br)cc1-c1cc(CN)ncn1. The van der Waals surface area contributed by atoms with Crippen molar-refractivity contribution >= 4 is 15.9 Å². The Morgan fingerprint density at radius 3 is 2.81 bits per heavy atom. The lowest BCUT2D eigenvalue weighted by atomic mass is 10.1. The van der Waals surface area contributed by atoms with E-state index in [1.54, 1.807) is 6.33 Å². The van der Waals surface area contributed by atoms with E-state index in [2.05, 4.69) is 45.0 Å². The third-order valence-corrected chi connectivity index (χ3v) is 2.90. The minimum atomic E-state index is 0.433. The second-order valence-electron chi connectivity index (χ2n) is 3.56. The van der Waals surface area contributed by atoms with Gasteiger partial charge in [-0.05, 0) is 30.7 Å². The van der Waals surface area contributed by atoms with Crippen LogP contribution < -0.4 is 5.73 Å². The predicted octanol–water partition coefficient (Wildman–Crippen LogP) is 2.67. The highest BCUT2D eigenvalue weighted by atomic mass is 79.9. The Hall–Kier alpha value is -1.26. The molecule has 0 aliphatic heterocycles. The van der Waals surface area contributed by atoms with Crippen LogP contribution >= 0.6 is 15.9 Å². The maximum Gasteiger partial charge on any atom is 0.116 e. The van der Waals surface area contributed by atoms with Gasteiger partial charge < -0.3 is 5.73 Å². The molecule has 2 rings (SSSR count). The monoisotopic (exact) mass is 277 g/mol. The number of nitrogens with zero attached hydrogens (tertiary/aromatic N) is 2. The summed E-state index contributed by atoms with van der Waals surface area (Å²) in [6, 6.07) is 8.06. The van der Waals surface area contributed by atoms with Crippen LogP contribution in [-0.2, 0) is 6.54 Å². The van der Waals surface area contributed by atoms with Crippen molar-refractivity contribution in [2.24, 2.45) is 5.73 Å². The van der Waals surface area contributed by atoms with Crippen molar-refractivity contribution in [1.82, 2.24) is 9.97 Å². The van der Waals surface area contributed by atoms with Gasteiger partial charge in [-0.25, -0.2) is 9.97 Å². The van der Waals surface area contributed by atoms with Crippen LogP contribution in [-0.4, -0.2) is 9.97 Å². The van der Waals surface area contributed by atoms with Crippen LogP contribution in [0.2, 0.25) is 0 Å². The summed E-state index contributed by atoms with van der Waals surface area (Å²) in [7, 11) is 0. The lowest BCUT2D eigenvalue weighted by Gasteiger charge is -2.06. The van der Waals surface area contributed by atoms with Gasteiger partial charge in [-0.1, -0.05) is 22.0 Å². The van der Waals surface area contributed by atoms with Gasteiger partial charge in [0.25, 0.3) is 0 Å². The number of benzene rings is 1. The first-order valence-electron chi connectivity index (χ1n) is 4.98. The summed E-state index contributed by atoms with van der Waals surface area (Å²) >= 11 is 3.46. The van der Waals surface area contributed by atoms with Crippen molar-refractivity contribution in [2.45, 2.75) is 13.5 Å². The highest BCUT2D eigenvalue weighted by Gasteiger charge is 2.05. The number of halogens is 1. The standard InChI is InChI=1S/C12H12BrN3/c1-8-2-3-9(13)4-11(8)12-5-10(6-14)15-7-16-12/h2-5,7H,6,14H2,1H3. The fraction of sp³-hybridized carbons (Fsp3) is 0.167. The largest absolute Gasteiger partial charge is 0.325 e. The number of aryl methyl sites for hydroxylation is 1. The molecule has 0 aliphatic carbocycles. The van der Waals surface area contributed by atoms with Gasteiger partial charge in [0.2, 0.25) is 0 Å². The highest BCUT2D eigenvalue weighted by molar-refractivity contribution is 9.10. The summed E-state index contributed by atoms with van der Waals surface area (Å²) in [4.78, 5) is 8.36. The minimum absolute atomic E-state index is 0.433. The molecule has 0 bridgehead atoms. The summed E-state index contributed by atoms with van der Waals surface area (Å²) < 4.78 is 1.04. The molecule has 16 heavy (non-hydrogen) atoms. The first-order valence-corrected chi connectivity index (χ1v) is 5.77. The lowest BCUT2D eigenvalue weighted by Crippen LogP contribution is -2.00. The summed E-state index contributed by atoms with van der Waals surface area (Å²) in [6.07, 6.45) is 1.55. The van der Waals surface area contributed by atoms with Crippen molar-refractivity contribution < 1.29 is 0 Å². The van der Waals surface area contributed by atoms with Gasteiger partial charge >= 0.3 is 0 Å². The molecule has 0 amide bonds. The fourth-order valence-corrected chi connectivity index (χ4v) is 1.89. The number of hydrogen-bond acceptors (Lipinski definition) is 3. The molecular weight excluding hydrogens is 266 g/mol. The zero-order valence-electron chi connectivity index (χ0n) is 8.94. The quantitative estimate of drug-likeness (QED) is 0.918. The molecule has 2 N–H and O–H groups in total. The van der Waals surface area contributed by atoms with Gasteiger partial charge in [0.1, 0.15) is 6.33 Å². The third-order valence-electron chi connectivity index (χ3n) is 2.41. The van der Waals surface area contributed by atoms with E-state index in [4.69, 9.17) is 5.73 Å². The number of aromatic nitrogens is 2. The van der Waals surface area contributed by atoms with Crippen LogP contribution in [0.4, 0.5) is 0 Å². The Morgan fingerprint density at radius 2 is 2.06 bits per heavy atom. The van der Waals surface area contributed by atoms with Crippen molar-refractivity contribution in [1.29, 1.82) is 0 Å². The molecule has 0 saturated heterocycles. The van der Waals surface area contributed by atoms with Gasteiger partial charge in [-0.2, -0.15) is 0 Å². The Morgan fingerprint density at radius 1 is 1.25 bits per heavy atom. The van der Waals surface area contributed by atoms with E-state index in [9.17, 15) is 0 Å². The zero-order valence-corrected chi connectivity index (χ0v) is 10.5. The lowest BCUT2D eigenvalue weighted by molar-refractivity contribution is 0.966. The molecule has 1 aromatic heterocycles. The normalized spacial score (nSPS) is 10.4. The van der Waals surface area contributed by atoms with E-state index in [1.165, 1.54) is 5.56 Å². The molecule has 1 aromatic carbocycles. The molecule has 0 unspecified atom stereocenters. The maximum absolute atomic E-state index is 5.57. The molecule has 2 aromatic rings. The predicted molar refractivity (Wildman–Crippen MR) is 67.8 cm³/mol. The second kappa shape index (κ2) is 4.72. The average Bonchev–Trinajstić information content (AvgIpc) is 2.32. The molecule has 0 atom stereocenters. The Kier molecular flexibility index (Phi) is 3.31. The molecule has 4 heteroatoms. The van der Waals surface area contributed by atoms with Crippen LogP contribution in [0.1, 0.15) is 11.3 Å². The smallest absolute Gasteiger partial charge is 0.116 e. The molecule has 0 aliphatic rings. The van der Waals surface area contributed by atoms with E-state index in [0.717, 1.165) is 21.4 Å². The van der Waals surface area contributed by atoms with Crippen LogP contribution in [0.25, 0.3) is 11.3 Å². The molecule has 1 heterocycles. The van der Waals surface area contributed by atoms with E-state index >= 15 is 0 Å². The Balaban J connectivity index is 2.53. The number of nitrogens with two attached hydrogens (primary N) is 1. The minimum Gasteiger partial charge on any atom is -0.325 e. The number of hydrogen-bond donors (Lipinski definition) is 1. The van der Waals surface area contributed by atoms with Gasteiger partial charge in [0, 0.05) is 16.6 Å². The van der Waals surface area contributed by atoms with E-state index in [1.807, 2.05) is 12.1 Å². The van der Waals surface area contributed by atoms with Crippen LogP contribution in [0.3, 0.4) is 0 Å². The maximum atomic E-state index is 5.57. The van der Waals surface area contributed by atoms with Crippen LogP contribution in [0.5, 0.6) is 0 Å². The van der Waals surface area contributed by atoms with E-state index < -0.39 is 0 Å². The molecule has 0 saturated carbocycles. The van der Waals surface area contributed by atoms with Gasteiger partial charge in [-0.3, -0.25) is 0 Å². The second-order valence-corrected chi connectivity index (χ2v) is 4.47. The number of rotatable bonds is 2. The van der Waals surface area contributed by atoms with Crippen LogP contribution in [0, 0.1) is 6.92 Å². The van der Waals surface area contributed by atoms with Crippen molar-refractivity contribution in [3.05, 3.63) is 46.3 Å². The molecule has 3 nitrogen and oxygen atoms in total. The van der Waals surface area contributed by atoms with Crippen molar-refractivity contribution in [3.8, 4) is 11.3 Å². The third kappa shape index (κ3) is 2.28. The molecule has 0 spiro atoms. The highest BCUT2D eigenvalue weighted by Crippen LogP contribution is 2.25. The first-order chi connectivity index (χ1) is 7.70. The molecule has 0 fully saturated rings. The molecule has 0 radical (unpaired) electrons. The summed E-state index contributed by atoms with van der Waals surface area (Å²) in [5.74, 6) is 0. The average molecular weight is 278 g/mol. The van der Waals surface area contributed by atoms with Crippen molar-refractivity contribution in [3.63, 3.8) is 0 Å². The van der Waals surface area contributed by atoms with Crippen molar-refractivity contribution in [2.75, 3.05) is 0 Å². The fourth-order valence-electron chi connectivity index (χ4n) is 1.53. The Labute approximate surface area is 103 Å². The van der Waals surface area contributed by atoms with Gasteiger partial charge in [-0.15, -0.1) is 0 Å². The van der Waals surface area contributed by atoms with E-state index in [0.29, 0.717) is 6.54 Å². The van der Waals surface area contributed by atoms with Crippen LogP contribution in [0.15, 0.2) is 35.1 Å². The summed E-state index contributed by atoms with van der Waals surface area (Å²) in [6.45, 7) is 2.49. The summed E-state index contributed by atoms with van der Waals surface area (Å²) in [5.41, 5.74) is 9.62. The first kappa shape index (κ1) is 11.2. The summed E-state index contributed by atoms with van der Waals surface area (Å²) in [5, 5.41) is 0. The van der Waals surface area contributed by atoms with Gasteiger partial charge in [0.15, 0.2) is 0 Å². The molecule has 82 valence electrons. The Bertz CT molecular complexity index is 511. The zero-order chi connectivity index (χ0) is 11.5.